The van der Waals surface area contributed by atoms with Crippen molar-refractivity contribution >= 4 is 22.8 Å². The molecule has 1 amide bonds. The molecular weight excluding hydrogens is 328 g/mol. The molecule has 7 nitrogen and oxygen atoms in total. The van der Waals surface area contributed by atoms with E-state index >= 15 is 0 Å². The van der Waals surface area contributed by atoms with E-state index in [1.54, 1.807) is 0 Å². The molecule has 1 aromatic carbocycles. The third-order valence-electron chi connectivity index (χ3n) is 5.04. The van der Waals surface area contributed by atoms with Crippen LogP contribution < -0.4 is 10.6 Å². The summed E-state index contributed by atoms with van der Waals surface area (Å²) in [5, 5.41) is 9.91. The van der Waals surface area contributed by atoms with Crippen LogP contribution in [0.1, 0.15) is 18.5 Å². The van der Waals surface area contributed by atoms with Crippen LogP contribution in [-0.2, 0) is 11.8 Å². The Morgan fingerprint density at radius 2 is 2.08 bits per heavy atom. The summed E-state index contributed by atoms with van der Waals surface area (Å²) in [6.07, 6.45) is 1.76. The fourth-order valence-corrected chi connectivity index (χ4v) is 3.71. The van der Waals surface area contributed by atoms with Gasteiger partial charge in [-0.05, 0) is 31.9 Å². The molecule has 4 rings (SSSR count). The first kappa shape index (κ1) is 16.5. The van der Waals surface area contributed by atoms with E-state index < -0.39 is 0 Å². The first-order valence-corrected chi connectivity index (χ1v) is 8.85. The summed E-state index contributed by atoms with van der Waals surface area (Å²) in [5.74, 6) is 1.19. The lowest BCUT2D eigenvalue weighted by molar-refractivity contribution is -0.122. The Hall–Kier alpha value is -2.96. The standard InChI is InChI=1S/C19H22N6O/c1-12-10-15(14-7-3-4-8-16(14)21-12)18-22-23-19(24(18)2)25-9-5-6-13(11-25)17(20)26/h3-4,7-8,10,13H,5-6,9,11H2,1-2H3,(H2,20,26). The molecule has 134 valence electrons. The van der Waals surface area contributed by atoms with E-state index in [-0.39, 0.29) is 11.8 Å². The molecule has 2 N–H and O–H groups in total. The fourth-order valence-electron chi connectivity index (χ4n) is 3.71. The van der Waals surface area contributed by atoms with Gasteiger partial charge in [-0.3, -0.25) is 14.3 Å². The maximum atomic E-state index is 11.6. The highest BCUT2D eigenvalue weighted by Crippen LogP contribution is 2.30. The van der Waals surface area contributed by atoms with Gasteiger partial charge in [-0.1, -0.05) is 18.2 Å². The third kappa shape index (κ3) is 2.79. The number of carbonyl (C=O) groups excluding carboxylic acids is 1. The van der Waals surface area contributed by atoms with Crippen molar-refractivity contribution in [1.29, 1.82) is 0 Å². The Balaban J connectivity index is 1.76. The smallest absolute Gasteiger partial charge is 0.227 e. The number of aryl methyl sites for hydroxylation is 1. The summed E-state index contributed by atoms with van der Waals surface area (Å²) >= 11 is 0. The Labute approximate surface area is 151 Å². The molecule has 0 spiro atoms. The number of piperidine rings is 1. The second-order valence-electron chi connectivity index (χ2n) is 6.90. The maximum Gasteiger partial charge on any atom is 0.227 e. The number of fused-ring (bicyclic) bond motifs is 1. The molecule has 1 unspecified atom stereocenters. The number of rotatable bonds is 3. The van der Waals surface area contributed by atoms with E-state index in [0.717, 1.165) is 53.3 Å². The highest BCUT2D eigenvalue weighted by atomic mass is 16.1. The largest absolute Gasteiger partial charge is 0.369 e. The minimum Gasteiger partial charge on any atom is -0.369 e. The predicted molar refractivity (Wildman–Crippen MR) is 101 cm³/mol. The normalized spacial score (nSPS) is 17.6. The molecule has 0 aliphatic carbocycles. The van der Waals surface area contributed by atoms with Crippen LogP contribution in [0.5, 0.6) is 0 Å². The van der Waals surface area contributed by atoms with E-state index in [2.05, 4.69) is 26.1 Å². The molecule has 1 atom stereocenters. The van der Waals surface area contributed by atoms with Gasteiger partial charge < -0.3 is 10.6 Å². The molecule has 1 fully saturated rings. The van der Waals surface area contributed by atoms with Gasteiger partial charge in [-0.25, -0.2) is 0 Å². The van der Waals surface area contributed by atoms with Crippen molar-refractivity contribution in [3.05, 3.63) is 36.0 Å². The zero-order valence-electron chi connectivity index (χ0n) is 15.0. The van der Waals surface area contributed by atoms with Crippen LogP contribution in [0.2, 0.25) is 0 Å². The van der Waals surface area contributed by atoms with Crippen molar-refractivity contribution in [2.75, 3.05) is 18.0 Å². The van der Waals surface area contributed by atoms with Gasteiger partial charge >= 0.3 is 0 Å². The van der Waals surface area contributed by atoms with E-state index in [1.807, 2.05) is 42.8 Å². The minimum absolute atomic E-state index is 0.132. The minimum atomic E-state index is -0.243. The summed E-state index contributed by atoms with van der Waals surface area (Å²) in [6, 6.07) is 10.1. The van der Waals surface area contributed by atoms with Gasteiger partial charge in [0, 0.05) is 36.8 Å². The number of hydrogen-bond donors (Lipinski definition) is 1. The van der Waals surface area contributed by atoms with Crippen LogP contribution in [-0.4, -0.2) is 38.7 Å². The second-order valence-corrected chi connectivity index (χ2v) is 6.90. The number of hydrogen-bond acceptors (Lipinski definition) is 5. The molecule has 26 heavy (non-hydrogen) atoms. The first-order valence-electron chi connectivity index (χ1n) is 8.85. The van der Waals surface area contributed by atoms with E-state index in [1.165, 1.54) is 0 Å². The number of aromatic nitrogens is 4. The van der Waals surface area contributed by atoms with E-state index in [0.29, 0.717) is 6.54 Å². The molecule has 1 aliphatic rings. The number of para-hydroxylation sites is 1. The molecule has 2 aromatic heterocycles. The predicted octanol–water partition coefficient (Wildman–Crippen LogP) is 2.04. The highest BCUT2D eigenvalue weighted by molar-refractivity contribution is 5.93. The van der Waals surface area contributed by atoms with Gasteiger partial charge in [0.15, 0.2) is 5.82 Å². The summed E-state index contributed by atoms with van der Waals surface area (Å²) in [7, 11) is 1.96. The second kappa shape index (κ2) is 6.40. The zero-order valence-corrected chi connectivity index (χ0v) is 15.0. The topological polar surface area (TPSA) is 89.9 Å². The van der Waals surface area contributed by atoms with Crippen molar-refractivity contribution < 1.29 is 4.79 Å². The average Bonchev–Trinajstić information content (AvgIpc) is 3.02. The van der Waals surface area contributed by atoms with E-state index in [4.69, 9.17) is 5.73 Å². The Morgan fingerprint density at radius 3 is 2.88 bits per heavy atom. The lowest BCUT2D eigenvalue weighted by Crippen LogP contribution is -2.42. The number of nitrogens with two attached hydrogens (primary N) is 1. The molecule has 1 saturated heterocycles. The van der Waals surface area contributed by atoms with Crippen molar-refractivity contribution in [2.24, 2.45) is 18.7 Å². The van der Waals surface area contributed by atoms with Gasteiger partial charge in [0.05, 0.1) is 11.4 Å². The van der Waals surface area contributed by atoms with Gasteiger partial charge in [0.25, 0.3) is 0 Å². The summed E-state index contributed by atoms with van der Waals surface area (Å²) in [4.78, 5) is 18.3. The quantitative estimate of drug-likeness (QED) is 0.781. The lowest BCUT2D eigenvalue weighted by Gasteiger charge is -2.31. The molecule has 0 saturated carbocycles. The van der Waals surface area contributed by atoms with Gasteiger partial charge in [0.1, 0.15) is 0 Å². The van der Waals surface area contributed by atoms with Gasteiger partial charge in [-0.15, -0.1) is 10.2 Å². The molecule has 3 aromatic rings. The van der Waals surface area contributed by atoms with Crippen molar-refractivity contribution in [3.8, 4) is 11.4 Å². The summed E-state index contributed by atoms with van der Waals surface area (Å²) < 4.78 is 1.99. The molecular formula is C19H22N6O. The molecule has 7 heteroatoms. The van der Waals surface area contributed by atoms with Crippen LogP contribution in [0.25, 0.3) is 22.3 Å². The summed E-state index contributed by atoms with van der Waals surface area (Å²) in [6.45, 7) is 3.43. The van der Waals surface area contributed by atoms with Crippen LogP contribution in [0.3, 0.4) is 0 Å². The highest BCUT2D eigenvalue weighted by Gasteiger charge is 2.27. The number of primary amides is 1. The van der Waals surface area contributed by atoms with Gasteiger partial charge in [0.2, 0.25) is 11.9 Å². The first-order chi connectivity index (χ1) is 12.5. The number of nitrogens with zero attached hydrogens (tertiary/aromatic N) is 5. The number of pyridine rings is 1. The fraction of sp³-hybridized carbons (Fsp3) is 0.368. The molecule has 1 aliphatic heterocycles. The van der Waals surface area contributed by atoms with Crippen LogP contribution in [0.4, 0.5) is 5.95 Å². The average molecular weight is 350 g/mol. The van der Waals surface area contributed by atoms with Crippen molar-refractivity contribution in [3.63, 3.8) is 0 Å². The number of benzene rings is 1. The summed E-state index contributed by atoms with van der Waals surface area (Å²) in [5.41, 5.74) is 8.40. The monoisotopic (exact) mass is 350 g/mol. The zero-order chi connectivity index (χ0) is 18.3. The Morgan fingerprint density at radius 1 is 1.27 bits per heavy atom. The van der Waals surface area contributed by atoms with Crippen molar-refractivity contribution in [1.82, 2.24) is 19.7 Å². The van der Waals surface area contributed by atoms with Gasteiger partial charge in [-0.2, -0.15) is 0 Å². The number of carbonyl (C=O) groups is 1. The van der Waals surface area contributed by atoms with Crippen LogP contribution >= 0.6 is 0 Å². The van der Waals surface area contributed by atoms with E-state index in [9.17, 15) is 4.79 Å². The maximum absolute atomic E-state index is 11.6. The Kier molecular flexibility index (Phi) is 4.06. The molecule has 3 heterocycles. The lowest BCUT2D eigenvalue weighted by atomic mass is 9.98. The van der Waals surface area contributed by atoms with Crippen molar-refractivity contribution in [2.45, 2.75) is 19.8 Å². The van der Waals surface area contributed by atoms with Crippen LogP contribution in [0, 0.1) is 12.8 Å². The SMILES string of the molecule is Cc1cc(-c2nnc(N3CCCC(C(N)=O)C3)n2C)c2ccccc2n1. The molecule has 0 radical (unpaired) electrons. The third-order valence-corrected chi connectivity index (χ3v) is 5.04. The Bertz CT molecular complexity index is 979. The number of anilines is 1. The van der Waals surface area contributed by atoms with Crippen LogP contribution in [0.15, 0.2) is 30.3 Å². The molecule has 0 bridgehead atoms. The number of amides is 1.